The van der Waals surface area contributed by atoms with Crippen LogP contribution in [0.4, 0.5) is 8.78 Å². The van der Waals surface area contributed by atoms with Crippen LogP contribution < -0.4 is 0 Å². The van der Waals surface area contributed by atoms with Crippen LogP contribution in [0.25, 0.3) is 0 Å². The highest BCUT2D eigenvalue weighted by Crippen LogP contribution is 2.37. The van der Waals surface area contributed by atoms with E-state index in [1.165, 1.54) is 23.8 Å². The number of aliphatic imine (C=N–C) groups is 1. The highest BCUT2D eigenvalue weighted by atomic mass is 19.1. The molecule has 0 bridgehead atoms. The summed E-state index contributed by atoms with van der Waals surface area (Å²) in [6, 6.07) is 12.1. The Balaban J connectivity index is 1.99. The van der Waals surface area contributed by atoms with Crippen LogP contribution in [0.15, 0.2) is 47.5 Å². The maximum Gasteiger partial charge on any atom is 0.135 e. The first-order valence-corrected chi connectivity index (χ1v) is 7.14. The minimum Gasteiger partial charge on any atom is -0.281 e. The summed E-state index contributed by atoms with van der Waals surface area (Å²) in [4.78, 5) is 4.60. The van der Waals surface area contributed by atoms with Gasteiger partial charge in [-0.1, -0.05) is 42.8 Å². The van der Waals surface area contributed by atoms with Crippen LogP contribution in [-0.2, 0) is 0 Å². The molecule has 0 aliphatic carbocycles. The minimum atomic E-state index is -0.537. The number of halogens is 2. The first kappa shape index (κ1) is 13.9. The predicted molar refractivity (Wildman–Crippen MR) is 80.6 cm³/mol. The lowest BCUT2D eigenvalue weighted by Gasteiger charge is -2.13. The zero-order chi connectivity index (χ0) is 15.0. The molecule has 21 heavy (non-hydrogen) atoms. The first-order chi connectivity index (χ1) is 10.1. The number of aryl methyl sites for hydroxylation is 1. The molecule has 1 aliphatic heterocycles. The van der Waals surface area contributed by atoms with Crippen molar-refractivity contribution in [2.24, 2.45) is 10.9 Å². The largest absolute Gasteiger partial charge is 0.281 e. The molecule has 1 aliphatic rings. The minimum absolute atomic E-state index is 0.0268. The van der Waals surface area contributed by atoms with E-state index >= 15 is 0 Å². The van der Waals surface area contributed by atoms with Crippen molar-refractivity contribution in [2.75, 3.05) is 0 Å². The van der Waals surface area contributed by atoms with Gasteiger partial charge in [-0.05, 0) is 37.0 Å². The molecule has 0 radical (unpaired) electrons. The Bertz CT molecular complexity index is 669. The lowest BCUT2D eigenvalue weighted by molar-refractivity contribution is 0.525. The summed E-state index contributed by atoms with van der Waals surface area (Å²) in [6.07, 6.45) is 0.594. The van der Waals surface area contributed by atoms with E-state index in [-0.39, 0.29) is 17.5 Å². The van der Waals surface area contributed by atoms with Gasteiger partial charge in [-0.15, -0.1) is 0 Å². The van der Waals surface area contributed by atoms with E-state index in [2.05, 4.69) is 11.9 Å². The normalized spacial score (nSPS) is 21.4. The van der Waals surface area contributed by atoms with E-state index in [9.17, 15) is 8.78 Å². The average Bonchev–Trinajstić information content (AvgIpc) is 2.81. The van der Waals surface area contributed by atoms with Gasteiger partial charge in [0.2, 0.25) is 0 Å². The Hall–Kier alpha value is -2.03. The number of rotatable bonds is 2. The van der Waals surface area contributed by atoms with Crippen molar-refractivity contribution < 1.29 is 8.78 Å². The lowest BCUT2D eigenvalue weighted by Crippen LogP contribution is -2.06. The molecule has 0 amide bonds. The molecule has 2 atom stereocenters. The molecular weight excluding hydrogens is 268 g/mol. The standard InChI is InChI=1S/C18H17F2N/c1-11-6-8-13(9-7-11)18-12(2)10-16(21-18)17-14(19)4-3-5-15(17)20/h3-9,12,18H,10H2,1-2H3. The fraction of sp³-hybridized carbons (Fsp3) is 0.278. The van der Waals surface area contributed by atoms with Gasteiger partial charge in [-0.3, -0.25) is 4.99 Å². The van der Waals surface area contributed by atoms with Gasteiger partial charge in [0.25, 0.3) is 0 Å². The number of hydrogen-bond acceptors (Lipinski definition) is 1. The molecule has 2 unspecified atom stereocenters. The van der Waals surface area contributed by atoms with Gasteiger partial charge in [0.15, 0.2) is 0 Å². The van der Waals surface area contributed by atoms with Gasteiger partial charge in [-0.2, -0.15) is 0 Å². The Morgan fingerprint density at radius 2 is 1.62 bits per heavy atom. The van der Waals surface area contributed by atoms with Crippen molar-refractivity contribution in [3.05, 3.63) is 70.8 Å². The van der Waals surface area contributed by atoms with E-state index in [1.54, 1.807) is 0 Å². The van der Waals surface area contributed by atoms with Crippen LogP contribution in [0.2, 0.25) is 0 Å². The van der Waals surface area contributed by atoms with E-state index in [4.69, 9.17) is 0 Å². The molecular formula is C18H17F2N. The predicted octanol–water partition coefficient (Wildman–Crippen LogP) is 4.84. The number of nitrogens with zero attached hydrogens (tertiary/aromatic N) is 1. The Labute approximate surface area is 123 Å². The second-order valence-electron chi connectivity index (χ2n) is 5.71. The number of hydrogen-bond donors (Lipinski definition) is 0. The Kier molecular flexibility index (Phi) is 3.58. The summed E-state index contributed by atoms with van der Waals surface area (Å²) >= 11 is 0. The Morgan fingerprint density at radius 1 is 1.00 bits per heavy atom. The van der Waals surface area contributed by atoms with Gasteiger partial charge in [0, 0.05) is 5.71 Å². The van der Waals surface area contributed by atoms with E-state index < -0.39 is 11.6 Å². The van der Waals surface area contributed by atoms with E-state index in [0.29, 0.717) is 12.1 Å². The average molecular weight is 285 g/mol. The fourth-order valence-corrected chi connectivity index (χ4v) is 2.87. The third-order valence-electron chi connectivity index (χ3n) is 4.02. The smallest absolute Gasteiger partial charge is 0.135 e. The molecule has 2 aromatic carbocycles. The van der Waals surface area contributed by atoms with Gasteiger partial charge < -0.3 is 0 Å². The highest BCUT2D eigenvalue weighted by Gasteiger charge is 2.30. The van der Waals surface area contributed by atoms with Crippen molar-refractivity contribution in [1.82, 2.24) is 0 Å². The molecule has 0 saturated heterocycles. The van der Waals surface area contributed by atoms with Crippen LogP contribution in [0.1, 0.15) is 36.1 Å². The summed E-state index contributed by atoms with van der Waals surface area (Å²) < 4.78 is 27.8. The number of benzene rings is 2. The van der Waals surface area contributed by atoms with E-state index in [1.807, 2.05) is 31.2 Å². The van der Waals surface area contributed by atoms with Crippen LogP contribution in [0, 0.1) is 24.5 Å². The van der Waals surface area contributed by atoms with Crippen LogP contribution in [-0.4, -0.2) is 5.71 Å². The highest BCUT2D eigenvalue weighted by molar-refractivity contribution is 6.02. The molecule has 0 N–H and O–H groups in total. The molecule has 3 rings (SSSR count). The summed E-state index contributed by atoms with van der Waals surface area (Å²) in [5.41, 5.74) is 2.84. The summed E-state index contributed by atoms with van der Waals surface area (Å²) in [7, 11) is 0. The molecule has 1 heterocycles. The van der Waals surface area contributed by atoms with Crippen LogP contribution >= 0.6 is 0 Å². The first-order valence-electron chi connectivity index (χ1n) is 7.14. The summed E-state index contributed by atoms with van der Waals surface area (Å²) in [5.74, 6) is -0.835. The van der Waals surface area contributed by atoms with Crippen molar-refractivity contribution in [2.45, 2.75) is 26.3 Å². The third kappa shape index (κ3) is 2.60. The second-order valence-corrected chi connectivity index (χ2v) is 5.71. The van der Waals surface area contributed by atoms with Crippen LogP contribution in [0.3, 0.4) is 0 Å². The van der Waals surface area contributed by atoms with Crippen molar-refractivity contribution in [1.29, 1.82) is 0 Å². The lowest BCUT2D eigenvalue weighted by atomic mass is 9.93. The van der Waals surface area contributed by atoms with Gasteiger partial charge in [0.05, 0.1) is 11.6 Å². The molecule has 2 aromatic rings. The van der Waals surface area contributed by atoms with Crippen molar-refractivity contribution >= 4 is 5.71 Å². The van der Waals surface area contributed by atoms with Gasteiger partial charge in [0.1, 0.15) is 11.6 Å². The molecule has 0 fully saturated rings. The zero-order valence-electron chi connectivity index (χ0n) is 12.1. The second kappa shape index (κ2) is 5.40. The van der Waals surface area contributed by atoms with E-state index in [0.717, 1.165) is 5.56 Å². The maximum atomic E-state index is 13.9. The topological polar surface area (TPSA) is 12.4 Å². The third-order valence-corrected chi connectivity index (χ3v) is 4.02. The molecule has 1 nitrogen and oxygen atoms in total. The molecule has 0 saturated carbocycles. The zero-order valence-corrected chi connectivity index (χ0v) is 12.1. The Morgan fingerprint density at radius 3 is 2.24 bits per heavy atom. The van der Waals surface area contributed by atoms with Gasteiger partial charge >= 0.3 is 0 Å². The molecule has 0 spiro atoms. The van der Waals surface area contributed by atoms with Crippen molar-refractivity contribution in [3.63, 3.8) is 0 Å². The van der Waals surface area contributed by atoms with Crippen LogP contribution in [0.5, 0.6) is 0 Å². The monoisotopic (exact) mass is 285 g/mol. The maximum absolute atomic E-state index is 13.9. The quantitative estimate of drug-likeness (QED) is 0.748. The fourth-order valence-electron chi connectivity index (χ4n) is 2.87. The van der Waals surface area contributed by atoms with Gasteiger partial charge in [-0.25, -0.2) is 8.78 Å². The molecule has 108 valence electrons. The SMILES string of the molecule is Cc1ccc(C2N=C(c3c(F)cccc3F)CC2C)cc1. The van der Waals surface area contributed by atoms with Crippen molar-refractivity contribution in [3.8, 4) is 0 Å². The summed E-state index contributed by atoms with van der Waals surface area (Å²) in [5, 5.41) is 0. The summed E-state index contributed by atoms with van der Waals surface area (Å²) in [6.45, 7) is 4.10. The molecule has 3 heteroatoms. The molecule has 0 aromatic heterocycles.